The Morgan fingerprint density at radius 3 is 1.54 bits per heavy atom. The van der Waals surface area contributed by atoms with Crippen molar-refractivity contribution in [3.63, 3.8) is 0 Å². The van der Waals surface area contributed by atoms with Crippen molar-refractivity contribution in [1.29, 1.82) is 0 Å². The predicted molar refractivity (Wildman–Crippen MR) is 418 cm³/mol. The molecule has 0 atom stereocenters. The van der Waals surface area contributed by atoms with Gasteiger partial charge >= 0.3 is 0 Å². The van der Waals surface area contributed by atoms with Crippen molar-refractivity contribution in [2.24, 2.45) is 5.92 Å². The summed E-state index contributed by atoms with van der Waals surface area (Å²) in [6, 6.07) is 80.1. The molecule has 6 nitrogen and oxygen atoms in total. The number of para-hydroxylation sites is 2. The van der Waals surface area contributed by atoms with E-state index in [1.54, 1.807) is 0 Å². The third-order valence-corrected chi connectivity index (χ3v) is 21.1. The van der Waals surface area contributed by atoms with Gasteiger partial charge in [0.2, 0.25) is 0 Å². The summed E-state index contributed by atoms with van der Waals surface area (Å²) in [5.41, 5.74) is 23.6. The quantitative estimate of drug-likeness (QED) is 0.0948. The third-order valence-electron chi connectivity index (χ3n) is 19.9. The Morgan fingerprint density at radius 2 is 0.959 bits per heavy atom. The van der Waals surface area contributed by atoms with Crippen LogP contribution in [-0.2, 0) is 21.7 Å². The summed E-state index contributed by atoms with van der Waals surface area (Å²) >= 11 is 1.93. The van der Waals surface area contributed by atoms with E-state index in [-0.39, 0.29) is 35.1 Å². The minimum Gasteiger partial charge on any atom is -0.458 e. The first-order valence-corrected chi connectivity index (χ1v) is 35.4. The van der Waals surface area contributed by atoms with E-state index < -0.39 is 0 Å². The number of thiophene rings is 1. The van der Waals surface area contributed by atoms with Crippen LogP contribution < -0.4 is 61.2 Å². The highest BCUT2D eigenvalue weighted by atomic mass is 32.1. The number of allylic oxidation sites excluding steroid dienone is 5. The fourth-order valence-electron chi connectivity index (χ4n) is 14.8. The molecule has 0 unspecified atom stereocenters. The van der Waals surface area contributed by atoms with Crippen molar-refractivity contribution < 1.29 is 9.47 Å². The number of rotatable bonds is 11. The molecule has 0 fully saturated rings. The normalized spacial score (nSPS) is 14.1. The monoisotopic (exact) mass is 1280 g/mol. The number of hydrogen-bond acceptors (Lipinski definition) is 7. The maximum absolute atomic E-state index is 7.70. The van der Waals surface area contributed by atoms with Crippen LogP contribution in [0.15, 0.2) is 248 Å². The lowest BCUT2D eigenvalue weighted by Crippen LogP contribution is -2.63. The average molecular weight is 1290 g/mol. The molecular formula is C88H86B2N4O2S. The Balaban J connectivity index is 1.01. The highest BCUT2D eigenvalue weighted by molar-refractivity contribution is 7.33. The smallest absolute Gasteiger partial charge is 0.264 e. The topological polar surface area (TPSA) is 31.4 Å². The van der Waals surface area contributed by atoms with Crippen molar-refractivity contribution >= 4 is 130 Å². The maximum atomic E-state index is 7.70. The van der Waals surface area contributed by atoms with Crippen LogP contribution in [-0.4, -0.2) is 13.4 Å². The molecule has 4 aliphatic heterocycles. The second kappa shape index (κ2) is 23.8. The molecule has 5 heterocycles. The van der Waals surface area contributed by atoms with Crippen LogP contribution >= 0.6 is 11.3 Å². The second-order valence-electron chi connectivity index (χ2n) is 31.2. The minimum absolute atomic E-state index is 0.0185. The van der Waals surface area contributed by atoms with E-state index in [4.69, 9.17) is 9.47 Å². The molecule has 11 aromatic rings. The first-order valence-electron chi connectivity index (χ1n) is 34.6. The number of benzene rings is 10. The lowest BCUT2D eigenvalue weighted by Gasteiger charge is -2.45. The zero-order valence-corrected chi connectivity index (χ0v) is 59.7. The Hall–Kier alpha value is -9.69. The maximum Gasteiger partial charge on any atom is 0.264 e. The molecule has 10 aromatic carbocycles. The number of nitrogens with zero attached hydrogens (tertiary/aromatic N) is 4. The Bertz CT molecular complexity index is 4900. The first-order chi connectivity index (χ1) is 46.4. The predicted octanol–water partition coefficient (Wildman–Crippen LogP) is 21.2. The number of ether oxygens (including phenoxy) is 2. The van der Waals surface area contributed by atoms with E-state index >= 15 is 0 Å². The van der Waals surface area contributed by atoms with Crippen LogP contribution in [0.4, 0.5) is 62.6 Å². The molecule has 97 heavy (non-hydrogen) atoms. The summed E-state index contributed by atoms with van der Waals surface area (Å²) in [5.74, 6) is 3.59. The lowest BCUT2D eigenvalue weighted by atomic mass is 9.32. The zero-order valence-electron chi connectivity index (χ0n) is 58.8. The van der Waals surface area contributed by atoms with E-state index in [0.717, 1.165) is 102 Å². The summed E-state index contributed by atoms with van der Waals surface area (Å²) in [6.07, 6.45) is 11.0. The molecule has 0 spiro atoms. The number of hydrogen-bond donors (Lipinski definition) is 0. The van der Waals surface area contributed by atoms with Gasteiger partial charge in [-0.25, -0.2) is 0 Å². The summed E-state index contributed by atoms with van der Waals surface area (Å²) in [6.45, 7) is 33.6. The van der Waals surface area contributed by atoms with Crippen molar-refractivity contribution in [2.45, 2.75) is 126 Å². The third kappa shape index (κ3) is 11.3. The summed E-state index contributed by atoms with van der Waals surface area (Å²) < 4.78 is 17.5. The van der Waals surface area contributed by atoms with Crippen molar-refractivity contribution in [1.82, 2.24) is 0 Å². The molecule has 0 radical (unpaired) electrons. The lowest BCUT2D eigenvalue weighted by molar-refractivity contribution is 0.465. The van der Waals surface area contributed by atoms with Crippen LogP contribution in [0.2, 0.25) is 0 Å². The van der Waals surface area contributed by atoms with E-state index in [1.807, 2.05) is 11.3 Å². The molecule has 9 heteroatoms. The van der Waals surface area contributed by atoms with Gasteiger partial charge in [0.15, 0.2) is 0 Å². The van der Waals surface area contributed by atoms with E-state index in [0.29, 0.717) is 5.92 Å². The minimum atomic E-state index is -0.211. The fourth-order valence-corrected chi connectivity index (χ4v) is 16.1. The summed E-state index contributed by atoms with van der Waals surface area (Å²) in [4.78, 5) is 9.97. The van der Waals surface area contributed by atoms with Crippen molar-refractivity contribution in [3.8, 4) is 23.0 Å². The molecule has 0 bridgehead atoms. The van der Waals surface area contributed by atoms with E-state index in [1.165, 1.54) is 53.7 Å². The van der Waals surface area contributed by atoms with Gasteiger partial charge in [0.25, 0.3) is 13.4 Å². The molecular weight excluding hydrogens is 1200 g/mol. The van der Waals surface area contributed by atoms with Gasteiger partial charge < -0.3 is 29.1 Å². The average Bonchev–Trinajstić information content (AvgIpc) is 1.67. The largest absolute Gasteiger partial charge is 0.458 e. The van der Waals surface area contributed by atoms with Gasteiger partial charge in [-0.2, -0.15) is 0 Å². The molecule has 0 N–H and O–H groups in total. The van der Waals surface area contributed by atoms with E-state index in [2.05, 4.69) is 366 Å². The van der Waals surface area contributed by atoms with Crippen molar-refractivity contribution in [2.75, 3.05) is 19.6 Å². The second-order valence-corrected chi connectivity index (χ2v) is 32.3. The fraction of sp³-hybridized carbons (Fsp3) is 0.227. The zero-order chi connectivity index (χ0) is 67.6. The molecule has 15 rings (SSSR count). The SMILES string of the molecule is C\C=C/C(=C\C=C\C(C)C)N(c1ccc(C(C)(C)C)cc1)c1cc2c3c(c1)Oc1cc4c(cc1B3c1ccccc1O2)B1c2sc3ccccc3c2N(c2ccc(C(C)(C)C)cc2)c2cc(N(c3ccc(C(C)(C)C)cc3)c3ccc(C(C)(C)C)cc3)cc(c21)N4c1ccccc1. The first kappa shape index (κ1) is 63.4. The molecule has 0 amide bonds. The molecule has 0 saturated carbocycles. The van der Waals surface area contributed by atoms with Crippen molar-refractivity contribution in [3.05, 3.63) is 271 Å². The Morgan fingerprint density at radius 1 is 0.443 bits per heavy atom. The number of anilines is 11. The standard InChI is InChI=1S/C88H86B2N4O2S/c1-16-25-61(29-24-26-56(2)3)91(63-42-34-57(35-43-63)85(4,5)6)68-52-78-82-79(53-68)96-77-55-73-71(54-72(77)89(82)70-31-21-22-32-76(70)95-78)90-81-74(93(73)62-27-18-17-19-28-62)50-67(92(64-44-36-58(37-45-64)86(7,8)9)65-46-38-59(39-47-65)87(10,11)12)51-75(81)94(66-48-40-60(41-49-66)88(13,14)15)83-69-30-20-23-33-80(69)97-84(83)90/h16-56H,1-15H3/b25-16-,26-24+,61-29+. The Kier molecular flexibility index (Phi) is 15.6. The van der Waals surface area contributed by atoms with Gasteiger partial charge in [-0.1, -0.05) is 224 Å². The molecule has 0 aliphatic carbocycles. The summed E-state index contributed by atoms with van der Waals surface area (Å²) in [5, 5.41) is 1.23. The van der Waals surface area contributed by atoms with Crippen LogP contribution in [0.1, 0.15) is 126 Å². The van der Waals surface area contributed by atoms with Gasteiger partial charge in [-0.3, -0.25) is 0 Å². The van der Waals surface area contributed by atoms with Gasteiger partial charge in [-0.15, -0.1) is 11.3 Å². The van der Waals surface area contributed by atoms with E-state index in [9.17, 15) is 0 Å². The number of fused-ring (bicyclic) bond motifs is 10. The molecule has 1 aromatic heterocycles. The molecule has 0 saturated heterocycles. The highest BCUT2D eigenvalue weighted by Crippen LogP contribution is 2.52. The highest BCUT2D eigenvalue weighted by Gasteiger charge is 2.49. The molecule has 482 valence electrons. The Labute approximate surface area is 580 Å². The van der Waals surface area contributed by atoms with Gasteiger partial charge in [0.1, 0.15) is 23.0 Å². The molecule has 4 aliphatic rings. The van der Waals surface area contributed by atoms with Crippen LogP contribution in [0.5, 0.6) is 23.0 Å². The van der Waals surface area contributed by atoms with Crippen LogP contribution in [0.3, 0.4) is 0 Å². The van der Waals surface area contributed by atoms with Crippen LogP contribution in [0.25, 0.3) is 10.1 Å². The van der Waals surface area contributed by atoms with Crippen LogP contribution in [0, 0.1) is 5.92 Å². The van der Waals surface area contributed by atoms with Gasteiger partial charge in [0, 0.05) is 89.7 Å². The van der Waals surface area contributed by atoms with Gasteiger partial charge in [0.05, 0.1) is 17.1 Å². The van der Waals surface area contributed by atoms with Gasteiger partial charge in [-0.05, 0) is 176 Å². The summed E-state index contributed by atoms with van der Waals surface area (Å²) in [7, 11) is 0.